The molecule has 1 aromatic carbocycles. The predicted molar refractivity (Wildman–Crippen MR) is 80.0 cm³/mol. The molecule has 0 spiro atoms. The van der Waals surface area contributed by atoms with Crippen LogP contribution in [-0.2, 0) is 17.8 Å². The highest BCUT2D eigenvalue weighted by Gasteiger charge is 2.34. The molecule has 1 aliphatic rings. The molecule has 114 valence electrons. The summed E-state index contributed by atoms with van der Waals surface area (Å²) < 4.78 is 0. The number of hydrogen-bond donors (Lipinski definition) is 2. The van der Waals surface area contributed by atoms with Gasteiger partial charge in [-0.2, -0.15) is 0 Å². The SMILES string of the molecule is CCCCCNC(=O)N1Cc2ccccc2C[C@H]1C(=O)O. The number of aliphatic carboxylic acids is 1. The zero-order chi connectivity index (χ0) is 15.2. The Balaban J connectivity index is 2.06. The number of unbranched alkanes of at least 4 members (excludes halogenated alkanes) is 2. The number of amides is 2. The van der Waals surface area contributed by atoms with Gasteiger partial charge < -0.3 is 15.3 Å². The van der Waals surface area contributed by atoms with Gasteiger partial charge in [0.05, 0.1) is 0 Å². The van der Waals surface area contributed by atoms with Gasteiger partial charge in [0.25, 0.3) is 0 Å². The summed E-state index contributed by atoms with van der Waals surface area (Å²) >= 11 is 0. The molecule has 1 atom stereocenters. The zero-order valence-electron chi connectivity index (χ0n) is 12.3. The quantitative estimate of drug-likeness (QED) is 0.818. The van der Waals surface area contributed by atoms with E-state index < -0.39 is 12.0 Å². The van der Waals surface area contributed by atoms with Crippen LogP contribution >= 0.6 is 0 Å². The highest BCUT2D eigenvalue weighted by Crippen LogP contribution is 2.23. The number of benzene rings is 1. The van der Waals surface area contributed by atoms with Gasteiger partial charge in [-0.3, -0.25) is 0 Å². The van der Waals surface area contributed by atoms with Crippen LogP contribution in [0.1, 0.15) is 37.3 Å². The fourth-order valence-corrected chi connectivity index (χ4v) is 2.63. The van der Waals surface area contributed by atoms with Crippen LogP contribution in [0.25, 0.3) is 0 Å². The summed E-state index contributed by atoms with van der Waals surface area (Å²) in [6.07, 6.45) is 3.44. The fraction of sp³-hybridized carbons (Fsp3) is 0.500. The number of fused-ring (bicyclic) bond motifs is 1. The molecule has 0 radical (unpaired) electrons. The van der Waals surface area contributed by atoms with Crippen LogP contribution in [0, 0.1) is 0 Å². The van der Waals surface area contributed by atoms with Crippen molar-refractivity contribution in [2.45, 2.75) is 45.2 Å². The number of hydrogen-bond acceptors (Lipinski definition) is 2. The summed E-state index contributed by atoms with van der Waals surface area (Å²) in [6.45, 7) is 3.05. The smallest absolute Gasteiger partial charge is 0.326 e. The topological polar surface area (TPSA) is 69.6 Å². The van der Waals surface area contributed by atoms with Crippen LogP contribution in [-0.4, -0.2) is 34.6 Å². The van der Waals surface area contributed by atoms with Gasteiger partial charge in [-0.15, -0.1) is 0 Å². The molecule has 2 amide bonds. The summed E-state index contributed by atoms with van der Waals surface area (Å²) in [5.41, 5.74) is 2.04. The average Bonchev–Trinajstić information content (AvgIpc) is 2.50. The van der Waals surface area contributed by atoms with Gasteiger partial charge in [-0.25, -0.2) is 9.59 Å². The van der Waals surface area contributed by atoms with Gasteiger partial charge in [0.2, 0.25) is 0 Å². The number of urea groups is 1. The van der Waals surface area contributed by atoms with Crippen molar-refractivity contribution in [3.63, 3.8) is 0 Å². The lowest BCUT2D eigenvalue weighted by Crippen LogP contribution is -2.52. The van der Waals surface area contributed by atoms with Crippen molar-refractivity contribution in [2.24, 2.45) is 0 Å². The molecule has 1 aliphatic heterocycles. The summed E-state index contributed by atoms with van der Waals surface area (Å²) in [6, 6.07) is 6.63. The maximum absolute atomic E-state index is 12.2. The lowest BCUT2D eigenvalue weighted by atomic mass is 9.94. The van der Waals surface area contributed by atoms with E-state index in [1.165, 1.54) is 4.90 Å². The summed E-state index contributed by atoms with van der Waals surface area (Å²) in [7, 11) is 0. The summed E-state index contributed by atoms with van der Waals surface area (Å²) in [5, 5.41) is 12.2. The van der Waals surface area contributed by atoms with Crippen LogP contribution in [0.5, 0.6) is 0 Å². The second kappa shape index (κ2) is 7.11. The van der Waals surface area contributed by atoms with E-state index in [2.05, 4.69) is 12.2 Å². The van der Waals surface area contributed by atoms with E-state index in [9.17, 15) is 14.7 Å². The number of rotatable bonds is 5. The fourth-order valence-electron chi connectivity index (χ4n) is 2.63. The van der Waals surface area contributed by atoms with Gasteiger partial charge in [-0.05, 0) is 17.5 Å². The molecule has 0 bridgehead atoms. The van der Waals surface area contributed by atoms with E-state index in [1.807, 2.05) is 24.3 Å². The Kier molecular flexibility index (Phi) is 5.20. The number of carboxylic acids is 1. The first-order chi connectivity index (χ1) is 10.1. The molecule has 0 aliphatic carbocycles. The van der Waals surface area contributed by atoms with Crippen LogP contribution in [0.4, 0.5) is 4.79 Å². The monoisotopic (exact) mass is 290 g/mol. The van der Waals surface area contributed by atoms with Gasteiger partial charge in [-0.1, -0.05) is 44.0 Å². The van der Waals surface area contributed by atoms with Crippen LogP contribution < -0.4 is 5.32 Å². The first kappa shape index (κ1) is 15.4. The van der Waals surface area contributed by atoms with Gasteiger partial charge in [0.15, 0.2) is 0 Å². The molecule has 0 unspecified atom stereocenters. The van der Waals surface area contributed by atoms with Gasteiger partial charge in [0, 0.05) is 19.5 Å². The minimum Gasteiger partial charge on any atom is -0.480 e. The Hall–Kier alpha value is -2.04. The third-order valence-corrected chi connectivity index (χ3v) is 3.85. The zero-order valence-corrected chi connectivity index (χ0v) is 12.3. The molecule has 2 N–H and O–H groups in total. The minimum absolute atomic E-state index is 0.284. The lowest BCUT2D eigenvalue weighted by Gasteiger charge is -2.34. The van der Waals surface area contributed by atoms with E-state index in [-0.39, 0.29) is 6.03 Å². The van der Waals surface area contributed by atoms with Crippen LogP contribution in [0.15, 0.2) is 24.3 Å². The van der Waals surface area contributed by atoms with Crippen molar-refractivity contribution in [3.8, 4) is 0 Å². The summed E-state index contributed by atoms with van der Waals surface area (Å²) in [4.78, 5) is 25.1. The second-order valence-corrected chi connectivity index (χ2v) is 5.39. The third kappa shape index (κ3) is 3.74. The van der Waals surface area contributed by atoms with Crippen molar-refractivity contribution < 1.29 is 14.7 Å². The standard InChI is InChI=1S/C16H22N2O3/c1-2-3-6-9-17-16(21)18-11-13-8-5-4-7-12(13)10-14(18)15(19)20/h4-5,7-8,14H,2-3,6,9-11H2,1H3,(H,17,21)(H,19,20)/t14-/m0/s1. The number of nitrogens with zero attached hydrogens (tertiary/aromatic N) is 1. The first-order valence-corrected chi connectivity index (χ1v) is 7.47. The Labute approximate surface area is 125 Å². The molecule has 0 saturated heterocycles. The molecule has 0 saturated carbocycles. The summed E-state index contributed by atoms with van der Waals surface area (Å²) in [5.74, 6) is -0.951. The number of nitrogens with one attached hydrogen (secondary N) is 1. The van der Waals surface area contributed by atoms with Gasteiger partial charge >= 0.3 is 12.0 Å². The minimum atomic E-state index is -0.951. The van der Waals surface area contributed by atoms with E-state index >= 15 is 0 Å². The highest BCUT2D eigenvalue weighted by molar-refractivity contribution is 5.83. The predicted octanol–water partition coefficient (Wildman–Crippen LogP) is 2.40. The number of carboxylic acid groups (broad SMARTS) is 1. The molecule has 5 heteroatoms. The second-order valence-electron chi connectivity index (χ2n) is 5.39. The van der Waals surface area contributed by atoms with Gasteiger partial charge in [0.1, 0.15) is 6.04 Å². The molecule has 5 nitrogen and oxygen atoms in total. The third-order valence-electron chi connectivity index (χ3n) is 3.85. The maximum atomic E-state index is 12.2. The van der Waals surface area contributed by atoms with Crippen molar-refractivity contribution in [1.82, 2.24) is 10.2 Å². The van der Waals surface area contributed by atoms with E-state index in [0.717, 1.165) is 30.4 Å². The van der Waals surface area contributed by atoms with Crippen molar-refractivity contribution in [3.05, 3.63) is 35.4 Å². The normalized spacial score (nSPS) is 17.2. The number of carbonyl (C=O) groups excluding carboxylic acids is 1. The molecular formula is C16H22N2O3. The Bertz CT molecular complexity index is 516. The largest absolute Gasteiger partial charge is 0.480 e. The molecule has 1 heterocycles. The molecule has 0 aromatic heterocycles. The van der Waals surface area contributed by atoms with E-state index in [4.69, 9.17) is 0 Å². The van der Waals surface area contributed by atoms with Crippen LogP contribution in [0.3, 0.4) is 0 Å². The molecule has 2 rings (SSSR count). The average molecular weight is 290 g/mol. The highest BCUT2D eigenvalue weighted by atomic mass is 16.4. The molecule has 0 fully saturated rings. The van der Waals surface area contributed by atoms with Crippen molar-refractivity contribution in [2.75, 3.05) is 6.54 Å². The molecule has 1 aromatic rings. The van der Waals surface area contributed by atoms with Crippen molar-refractivity contribution >= 4 is 12.0 Å². The maximum Gasteiger partial charge on any atom is 0.326 e. The molecule has 21 heavy (non-hydrogen) atoms. The molecular weight excluding hydrogens is 268 g/mol. The number of carbonyl (C=O) groups is 2. The Morgan fingerprint density at radius 3 is 2.67 bits per heavy atom. The van der Waals surface area contributed by atoms with E-state index in [0.29, 0.717) is 19.5 Å². The van der Waals surface area contributed by atoms with E-state index in [1.54, 1.807) is 0 Å². The lowest BCUT2D eigenvalue weighted by molar-refractivity contribution is -0.142. The Morgan fingerprint density at radius 2 is 2.00 bits per heavy atom. The Morgan fingerprint density at radius 1 is 1.29 bits per heavy atom. The van der Waals surface area contributed by atoms with Crippen LogP contribution in [0.2, 0.25) is 0 Å². The van der Waals surface area contributed by atoms with Crippen molar-refractivity contribution in [1.29, 1.82) is 0 Å². The first-order valence-electron chi connectivity index (χ1n) is 7.47.